The number of carboxylic acid groups (broad SMARTS) is 1. The Bertz CT molecular complexity index is 324. The van der Waals surface area contributed by atoms with Crippen LogP contribution in [0.15, 0.2) is 4.52 Å². The maximum Gasteiger partial charge on any atom is 0.320 e. The first-order valence-corrected chi connectivity index (χ1v) is 4.91. The Morgan fingerprint density at radius 1 is 1.67 bits per heavy atom. The van der Waals surface area contributed by atoms with Gasteiger partial charge in [-0.05, 0) is 13.3 Å². The summed E-state index contributed by atoms with van der Waals surface area (Å²) in [5.74, 6) is 0.187. The van der Waals surface area contributed by atoms with Crippen molar-refractivity contribution in [3.8, 4) is 0 Å². The van der Waals surface area contributed by atoms with Crippen LogP contribution in [0, 0.1) is 0 Å². The fraction of sp³-hybridized carbons (Fsp3) is 0.667. The van der Waals surface area contributed by atoms with Gasteiger partial charge in [-0.15, -0.1) is 0 Å². The summed E-state index contributed by atoms with van der Waals surface area (Å²) in [6, 6.07) is -0.619. The largest absolute Gasteiger partial charge is 0.480 e. The number of hydrogen-bond donors (Lipinski definition) is 2. The highest BCUT2D eigenvalue weighted by Gasteiger charge is 2.12. The van der Waals surface area contributed by atoms with Gasteiger partial charge >= 0.3 is 5.97 Å². The van der Waals surface area contributed by atoms with Crippen molar-refractivity contribution in [2.75, 3.05) is 0 Å². The molecule has 0 aromatic carbocycles. The molecule has 0 amide bonds. The molecule has 0 fully saturated rings. The lowest BCUT2D eigenvalue weighted by Crippen LogP contribution is -2.33. The fourth-order valence-corrected chi connectivity index (χ4v) is 1.01. The minimum Gasteiger partial charge on any atom is -0.480 e. The highest BCUT2D eigenvalue weighted by atomic mass is 16.5. The number of carbonyl (C=O) groups is 1. The van der Waals surface area contributed by atoms with Gasteiger partial charge in [0.1, 0.15) is 6.04 Å². The van der Waals surface area contributed by atoms with E-state index in [4.69, 9.17) is 9.63 Å². The van der Waals surface area contributed by atoms with E-state index in [-0.39, 0.29) is 6.54 Å². The smallest absolute Gasteiger partial charge is 0.320 e. The zero-order chi connectivity index (χ0) is 11.3. The summed E-state index contributed by atoms with van der Waals surface area (Å²) in [5, 5.41) is 15.1. The van der Waals surface area contributed by atoms with E-state index in [9.17, 15) is 4.79 Å². The normalized spacial score (nSPS) is 12.7. The third-order valence-electron chi connectivity index (χ3n) is 1.91. The molecule has 0 aliphatic heterocycles. The van der Waals surface area contributed by atoms with Crippen molar-refractivity contribution in [1.82, 2.24) is 15.5 Å². The van der Waals surface area contributed by atoms with Crippen molar-refractivity contribution < 1.29 is 14.4 Å². The predicted octanol–water partition coefficient (Wildman–Crippen LogP) is 0.585. The van der Waals surface area contributed by atoms with E-state index in [0.717, 1.165) is 12.8 Å². The van der Waals surface area contributed by atoms with Crippen LogP contribution < -0.4 is 5.32 Å². The van der Waals surface area contributed by atoms with E-state index >= 15 is 0 Å². The summed E-state index contributed by atoms with van der Waals surface area (Å²) in [6.07, 6.45) is 1.73. The average molecular weight is 213 g/mol. The standard InChI is InChI=1S/C9H15N3O3/c1-3-4-7-11-8(15-12-7)5-10-6(2)9(13)14/h6,10H,3-5H2,1-2H3,(H,13,14)/t6-/m0/s1. The molecule has 15 heavy (non-hydrogen) atoms. The van der Waals surface area contributed by atoms with E-state index in [2.05, 4.69) is 15.5 Å². The number of carboxylic acids is 1. The number of hydrogen-bond acceptors (Lipinski definition) is 5. The monoisotopic (exact) mass is 213 g/mol. The van der Waals surface area contributed by atoms with Crippen LogP contribution in [0.4, 0.5) is 0 Å². The number of aryl methyl sites for hydroxylation is 1. The van der Waals surface area contributed by atoms with Gasteiger partial charge in [0.25, 0.3) is 0 Å². The Morgan fingerprint density at radius 3 is 3.00 bits per heavy atom. The number of nitrogens with zero attached hydrogens (tertiary/aromatic N) is 2. The van der Waals surface area contributed by atoms with Gasteiger partial charge in [0.05, 0.1) is 6.54 Å². The lowest BCUT2D eigenvalue weighted by atomic mass is 10.3. The van der Waals surface area contributed by atoms with Gasteiger partial charge in [0.15, 0.2) is 5.82 Å². The second-order valence-electron chi connectivity index (χ2n) is 3.30. The molecule has 84 valence electrons. The predicted molar refractivity (Wildman–Crippen MR) is 52.2 cm³/mol. The molecule has 2 N–H and O–H groups in total. The van der Waals surface area contributed by atoms with Crippen LogP contribution in [-0.4, -0.2) is 27.3 Å². The van der Waals surface area contributed by atoms with Crippen molar-refractivity contribution in [1.29, 1.82) is 0 Å². The Labute approximate surface area is 87.7 Å². The molecule has 0 spiro atoms. The van der Waals surface area contributed by atoms with Crippen LogP contribution in [0.25, 0.3) is 0 Å². The van der Waals surface area contributed by atoms with Crippen molar-refractivity contribution >= 4 is 5.97 Å². The summed E-state index contributed by atoms with van der Waals surface area (Å²) in [6.45, 7) is 3.87. The molecule has 1 rings (SSSR count). The molecule has 1 aromatic rings. The molecule has 1 aromatic heterocycles. The van der Waals surface area contributed by atoms with Crippen molar-refractivity contribution in [2.24, 2.45) is 0 Å². The number of rotatable bonds is 6. The van der Waals surface area contributed by atoms with Gasteiger partial charge in [-0.3, -0.25) is 10.1 Å². The van der Waals surface area contributed by atoms with Gasteiger partial charge < -0.3 is 9.63 Å². The van der Waals surface area contributed by atoms with E-state index < -0.39 is 12.0 Å². The maximum atomic E-state index is 10.5. The van der Waals surface area contributed by atoms with Crippen LogP contribution in [-0.2, 0) is 17.8 Å². The molecule has 6 nitrogen and oxygen atoms in total. The first-order chi connectivity index (χ1) is 7.13. The molecule has 1 heterocycles. The summed E-state index contributed by atoms with van der Waals surface area (Å²) in [7, 11) is 0. The summed E-state index contributed by atoms with van der Waals surface area (Å²) in [5.41, 5.74) is 0. The molecule has 0 saturated carbocycles. The second kappa shape index (κ2) is 5.45. The number of aliphatic carboxylic acids is 1. The van der Waals surface area contributed by atoms with Gasteiger partial charge in [-0.25, -0.2) is 0 Å². The second-order valence-corrected chi connectivity index (χ2v) is 3.30. The lowest BCUT2D eigenvalue weighted by Gasteiger charge is -2.04. The van der Waals surface area contributed by atoms with E-state index in [1.165, 1.54) is 0 Å². The van der Waals surface area contributed by atoms with Gasteiger partial charge in [-0.2, -0.15) is 4.98 Å². The number of aromatic nitrogens is 2. The van der Waals surface area contributed by atoms with Crippen LogP contribution in [0.1, 0.15) is 32.0 Å². The fourth-order valence-electron chi connectivity index (χ4n) is 1.01. The Hall–Kier alpha value is -1.43. The van der Waals surface area contributed by atoms with Gasteiger partial charge in [0.2, 0.25) is 5.89 Å². The molecule has 0 aliphatic rings. The average Bonchev–Trinajstić information content (AvgIpc) is 2.62. The van der Waals surface area contributed by atoms with E-state index in [1.807, 2.05) is 6.92 Å². The van der Waals surface area contributed by atoms with Crippen molar-refractivity contribution in [3.05, 3.63) is 11.7 Å². The molecule has 6 heteroatoms. The van der Waals surface area contributed by atoms with Crippen LogP contribution >= 0.6 is 0 Å². The summed E-state index contributed by atoms with van der Waals surface area (Å²) < 4.78 is 4.93. The first-order valence-electron chi connectivity index (χ1n) is 4.91. The molecule has 0 bridgehead atoms. The summed E-state index contributed by atoms with van der Waals surface area (Å²) >= 11 is 0. The topological polar surface area (TPSA) is 88.2 Å². The van der Waals surface area contributed by atoms with Crippen molar-refractivity contribution in [3.63, 3.8) is 0 Å². The SMILES string of the molecule is CCCc1noc(CN[C@@H](C)C(=O)O)n1. The lowest BCUT2D eigenvalue weighted by molar-refractivity contribution is -0.139. The first kappa shape index (κ1) is 11.6. The molecule has 0 saturated heterocycles. The Morgan fingerprint density at radius 2 is 2.40 bits per heavy atom. The zero-order valence-corrected chi connectivity index (χ0v) is 8.86. The minimum absolute atomic E-state index is 0.282. The molecule has 0 aliphatic carbocycles. The van der Waals surface area contributed by atoms with E-state index in [1.54, 1.807) is 6.92 Å². The zero-order valence-electron chi connectivity index (χ0n) is 8.86. The third kappa shape index (κ3) is 3.67. The molecular formula is C9H15N3O3. The quantitative estimate of drug-likeness (QED) is 0.718. The van der Waals surface area contributed by atoms with E-state index in [0.29, 0.717) is 11.7 Å². The van der Waals surface area contributed by atoms with Crippen LogP contribution in [0.2, 0.25) is 0 Å². The Balaban J connectivity index is 2.40. The Kier molecular flexibility index (Phi) is 4.23. The molecule has 1 atom stereocenters. The highest BCUT2D eigenvalue weighted by Crippen LogP contribution is 2.00. The minimum atomic E-state index is -0.900. The maximum absolute atomic E-state index is 10.5. The molecular weight excluding hydrogens is 198 g/mol. The van der Waals surface area contributed by atoms with Gasteiger partial charge in [-0.1, -0.05) is 12.1 Å². The van der Waals surface area contributed by atoms with Crippen molar-refractivity contribution in [2.45, 2.75) is 39.3 Å². The summed E-state index contributed by atoms with van der Waals surface area (Å²) in [4.78, 5) is 14.6. The van der Waals surface area contributed by atoms with Crippen LogP contribution in [0.5, 0.6) is 0 Å². The number of nitrogens with one attached hydrogen (secondary N) is 1. The third-order valence-corrected chi connectivity index (χ3v) is 1.91. The molecule has 0 unspecified atom stereocenters. The molecule has 0 radical (unpaired) electrons. The highest BCUT2D eigenvalue weighted by molar-refractivity contribution is 5.72. The van der Waals surface area contributed by atoms with Gasteiger partial charge in [0, 0.05) is 6.42 Å². The van der Waals surface area contributed by atoms with Crippen LogP contribution in [0.3, 0.4) is 0 Å².